The SMILES string of the molecule is COC1=C(C(C)C)c2nc(Nc3ccc(N4CCN(C(N)C=O)CC4)cc3)ncc2CC1. The molecule has 0 bridgehead atoms. The van der Waals surface area contributed by atoms with Gasteiger partial charge in [0.05, 0.1) is 12.8 Å². The van der Waals surface area contributed by atoms with Crippen molar-refractivity contribution >= 4 is 29.2 Å². The first-order valence-electron chi connectivity index (χ1n) is 11.2. The lowest BCUT2D eigenvalue weighted by Crippen LogP contribution is -2.53. The van der Waals surface area contributed by atoms with Gasteiger partial charge in [0.2, 0.25) is 5.95 Å². The molecule has 0 saturated carbocycles. The quantitative estimate of drug-likeness (QED) is 0.640. The fraction of sp³-hybridized carbons (Fsp3) is 0.458. The molecule has 1 aliphatic heterocycles. The molecular formula is C24H32N6O2. The van der Waals surface area contributed by atoms with E-state index in [0.717, 1.165) is 68.1 Å². The molecule has 8 heteroatoms. The number of piperazine rings is 1. The Balaban J connectivity index is 1.45. The van der Waals surface area contributed by atoms with Gasteiger partial charge in [0.15, 0.2) is 6.29 Å². The molecule has 32 heavy (non-hydrogen) atoms. The molecule has 2 heterocycles. The van der Waals surface area contributed by atoms with Gasteiger partial charge in [-0.15, -0.1) is 0 Å². The van der Waals surface area contributed by atoms with Crippen LogP contribution in [-0.2, 0) is 16.0 Å². The summed E-state index contributed by atoms with van der Waals surface area (Å²) in [5.41, 5.74) is 11.2. The summed E-state index contributed by atoms with van der Waals surface area (Å²) in [5, 5.41) is 3.34. The third-order valence-corrected chi connectivity index (χ3v) is 6.23. The molecule has 0 radical (unpaired) electrons. The number of nitrogens with zero attached hydrogens (tertiary/aromatic N) is 4. The van der Waals surface area contributed by atoms with Crippen LogP contribution in [0.25, 0.3) is 5.57 Å². The van der Waals surface area contributed by atoms with Crippen molar-refractivity contribution in [3.63, 3.8) is 0 Å². The minimum atomic E-state index is -0.508. The van der Waals surface area contributed by atoms with Crippen molar-refractivity contribution in [3.05, 3.63) is 47.5 Å². The number of ether oxygens (including phenoxy) is 1. The molecule has 1 aliphatic carbocycles. The number of nitrogens with two attached hydrogens (primary N) is 1. The zero-order valence-corrected chi connectivity index (χ0v) is 19.0. The van der Waals surface area contributed by atoms with E-state index < -0.39 is 6.17 Å². The third-order valence-electron chi connectivity index (χ3n) is 6.23. The highest BCUT2D eigenvalue weighted by Gasteiger charge is 2.24. The molecule has 1 aromatic heterocycles. The Hall–Kier alpha value is -2.97. The first kappa shape index (κ1) is 22.2. The second-order valence-electron chi connectivity index (χ2n) is 8.58. The molecule has 4 rings (SSSR count). The Bertz CT molecular complexity index is 980. The predicted molar refractivity (Wildman–Crippen MR) is 127 cm³/mol. The zero-order valence-electron chi connectivity index (χ0n) is 19.0. The molecule has 3 N–H and O–H groups in total. The Labute approximate surface area is 189 Å². The molecular weight excluding hydrogens is 404 g/mol. The van der Waals surface area contributed by atoms with Crippen LogP contribution in [0.5, 0.6) is 0 Å². The lowest BCUT2D eigenvalue weighted by atomic mass is 9.88. The summed E-state index contributed by atoms with van der Waals surface area (Å²) in [5.74, 6) is 1.94. The topological polar surface area (TPSA) is 96.6 Å². The maximum atomic E-state index is 10.9. The van der Waals surface area contributed by atoms with E-state index in [4.69, 9.17) is 15.5 Å². The van der Waals surface area contributed by atoms with Crippen LogP contribution in [0.4, 0.5) is 17.3 Å². The van der Waals surface area contributed by atoms with Crippen molar-refractivity contribution in [3.8, 4) is 0 Å². The molecule has 1 saturated heterocycles. The highest BCUT2D eigenvalue weighted by molar-refractivity contribution is 5.71. The summed E-state index contributed by atoms with van der Waals surface area (Å²) >= 11 is 0. The van der Waals surface area contributed by atoms with Crippen LogP contribution in [0, 0.1) is 5.92 Å². The van der Waals surface area contributed by atoms with Gasteiger partial charge < -0.3 is 25.5 Å². The average molecular weight is 437 g/mol. The van der Waals surface area contributed by atoms with E-state index >= 15 is 0 Å². The highest BCUT2D eigenvalue weighted by atomic mass is 16.5. The van der Waals surface area contributed by atoms with Crippen molar-refractivity contribution in [2.45, 2.75) is 32.9 Å². The molecule has 2 aliphatic rings. The van der Waals surface area contributed by atoms with Crippen molar-refractivity contribution in [2.24, 2.45) is 11.7 Å². The smallest absolute Gasteiger partial charge is 0.227 e. The number of allylic oxidation sites excluding steroid dienone is 2. The van der Waals surface area contributed by atoms with Gasteiger partial charge in [-0.05, 0) is 42.2 Å². The van der Waals surface area contributed by atoms with E-state index in [1.54, 1.807) is 7.11 Å². The second kappa shape index (κ2) is 9.67. The lowest BCUT2D eigenvalue weighted by molar-refractivity contribution is -0.112. The number of aromatic nitrogens is 2. The summed E-state index contributed by atoms with van der Waals surface area (Å²) in [6, 6.07) is 8.28. The minimum absolute atomic E-state index is 0.326. The first-order valence-corrected chi connectivity index (χ1v) is 11.2. The number of methoxy groups -OCH3 is 1. The lowest BCUT2D eigenvalue weighted by Gasteiger charge is -2.37. The second-order valence-corrected chi connectivity index (χ2v) is 8.58. The molecule has 1 fully saturated rings. The van der Waals surface area contributed by atoms with Gasteiger partial charge >= 0.3 is 0 Å². The third kappa shape index (κ3) is 4.61. The van der Waals surface area contributed by atoms with Gasteiger partial charge in [-0.1, -0.05) is 13.8 Å². The number of aldehydes is 1. The molecule has 170 valence electrons. The Morgan fingerprint density at radius 1 is 1.12 bits per heavy atom. The highest BCUT2D eigenvalue weighted by Crippen LogP contribution is 2.35. The number of hydrogen-bond acceptors (Lipinski definition) is 8. The standard InChI is InChI=1S/C24H32N6O2/c1-16(2)22-20(32-3)9-4-17-14-26-24(28-23(17)22)27-18-5-7-19(8-6-18)29-10-12-30(13-11-29)21(25)15-31/h5-8,14-16,21H,4,9-13,25H2,1-3H3,(H,26,27,28). The summed E-state index contributed by atoms with van der Waals surface area (Å²) < 4.78 is 5.64. The predicted octanol–water partition coefficient (Wildman–Crippen LogP) is 2.79. The van der Waals surface area contributed by atoms with Crippen LogP contribution in [0.15, 0.2) is 36.2 Å². The number of carbonyl (C=O) groups excluding carboxylic acids is 1. The minimum Gasteiger partial charge on any atom is -0.501 e. The molecule has 2 aromatic rings. The largest absolute Gasteiger partial charge is 0.501 e. The van der Waals surface area contributed by atoms with Crippen LogP contribution in [0.1, 0.15) is 31.5 Å². The van der Waals surface area contributed by atoms with Crippen molar-refractivity contribution in [1.82, 2.24) is 14.9 Å². The van der Waals surface area contributed by atoms with Gasteiger partial charge in [-0.25, -0.2) is 9.97 Å². The van der Waals surface area contributed by atoms with Crippen molar-refractivity contribution in [1.29, 1.82) is 0 Å². The molecule has 8 nitrogen and oxygen atoms in total. The first-order chi connectivity index (χ1) is 15.5. The maximum absolute atomic E-state index is 10.9. The van der Waals surface area contributed by atoms with Gasteiger partial charge in [-0.3, -0.25) is 4.90 Å². The normalized spacial score (nSPS) is 17.8. The van der Waals surface area contributed by atoms with Gasteiger partial charge in [0, 0.05) is 55.7 Å². The summed E-state index contributed by atoms with van der Waals surface area (Å²) in [6.07, 6.45) is 4.01. The van der Waals surface area contributed by atoms with Gasteiger partial charge in [0.25, 0.3) is 0 Å². The summed E-state index contributed by atoms with van der Waals surface area (Å²) in [7, 11) is 1.74. The summed E-state index contributed by atoms with van der Waals surface area (Å²) in [4.78, 5) is 24.6. The van der Waals surface area contributed by atoms with Crippen molar-refractivity contribution < 1.29 is 9.53 Å². The number of fused-ring (bicyclic) bond motifs is 1. The molecule has 1 unspecified atom stereocenters. The van der Waals surface area contributed by atoms with Crippen LogP contribution < -0.4 is 16.0 Å². The summed E-state index contributed by atoms with van der Waals surface area (Å²) in [6.45, 7) is 7.58. The van der Waals surface area contributed by atoms with Gasteiger partial charge in [-0.2, -0.15) is 0 Å². The van der Waals surface area contributed by atoms with Crippen LogP contribution >= 0.6 is 0 Å². The van der Waals surface area contributed by atoms with E-state index in [1.807, 2.05) is 23.2 Å². The zero-order chi connectivity index (χ0) is 22.7. The van der Waals surface area contributed by atoms with E-state index in [2.05, 4.69) is 41.2 Å². The van der Waals surface area contributed by atoms with Crippen LogP contribution in [0.2, 0.25) is 0 Å². The molecule has 1 aromatic carbocycles. The maximum Gasteiger partial charge on any atom is 0.227 e. The number of rotatable bonds is 7. The molecule has 1 atom stereocenters. The molecule has 0 amide bonds. The fourth-order valence-corrected chi connectivity index (χ4v) is 4.45. The Morgan fingerprint density at radius 2 is 1.84 bits per heavy atom. The number of aryl methyl sites for hydroxylation is 1. The van der Waals surface area contributed by atoms with Crippen LogP contribution in [-0.4, -0.2) is 60.6 Å². The Kier molecular flexibility index (Phi) is 6.72. The van der Waals surface area contributed by atoms with Crippen molar-refractivity contribution in [2.75, 3.05) is 43.5 Å². The monoisotopic (exact) mass is 436 g/mol. The van der Waals surface area contributed by atoms with E-state index in [0.29, 0.717) is 11.9 Å². The Morgan fingerprint density at radius 3 is 2.47 bits per heavy atom. The van der Waals surface area contributed by atoms with E-state index in [-0.39, 0.29) is 0 Å². The number of hydrogen-bond donors (Lipinski definition) is 2. The fourth-order valence-electron chi connectivity index (χ4n) is 4.45. The number of benzene rings is 1. The number of nitrogens with one attached hydrogen (secondary N) is 1. The van der Waals surface area contributed by atoms with E-state index in [9.17, 15) is 4.79 Å². The average Bonchev–Trinajstić information content (AvgIpc) is 2.83. The molecule has 0 spiro atoms. The van der Waals surface area contributed by atoms with Gasteiger partial charge in [0.1, 0.15) is 11.9 Å². The number of carbonyl (C=O) groups is 1. The number of anilines is 3. The van der Waals surface area contributed by atoms with Crippen LogP contribution in [0.3, 0.4) is 0 Å². The van der Waals surface area contributed by atoms with E-state index in [1.165, 1.54) is 11.1 Å².